The maximum Gasteiger partial charge on any atom is 0.289 e. The Hall–Kier alpha value is -1.43. The van der Waals surface area contributed by atoms with Crippen LogP contribution in [0.1, 0.15) is 0 Å². The van der Waals surface area contributed by atoms with Crippen molar-refractivity contribution in [2.75, 3.05) is 7.05 Å². The second-order valence-electron chi connectivity index (χ2n) is 4.81. The van der Waals surface area contributed by atoms with Crippen LogP contribution >= 0.6 is 34.8 Å². The minimum absolute atomic E-state index is 0.0600. The lowest BCUT2D eigenvalue weighted by atomic mass is 10.3. The second kappa shape index (κ2) is 7.29. The van der Waals surface area contributed by atoms with Crippen molar-refractivity contribution in [1.29, 1.82) is 0 Å². The highest BCUT2D eigenvalue weighted by Crippen LogP contribution is 2.34. The van der Waals surface area contributed by atoms with E-state index in [1.165, 1.54) is 12.1 Å². The predicted octanol–water partition coefficient (Wildman–Crippen LogP) is 3.56. The quantitative estimate of drug-likeness (QED) is 0.499. The molecular weight excluding hydrogens is 451 g/mol. The Morgan fingerprint density at radius 3 is 2.15 bits per heavy atom. The monoisotopic (exact) mass is 458 g/mol. The first-order chi connectivity index (χ1) is 11.9. The SMILES string of the molecule is CN(S(=O)(=O)c1ccc(Cl)c([N+](=O)[O-])c1)S(=O)(=O)c1cccc(Cl)c1Cl. The molecule has 140 valence electrons. The summed E-state index contributed by atoms with van der Waals surface area (Å²) in [7, 11) is -8.50. The summed E-state index contributed by atoms with van der Waals surface area (Å²) >= 11 is 17.3. The van der Waals surface area contributed by atoms with Gasteiger partial charge in [0.05, 0.1) is 19.9 Å². The number of rotatable bonds is 5. The number of hydrogen-bond acceptors (Lipinski definition) is 6. The number of nitro benzene ring substituents is 1. The van der Waals surface area contributed by atoms with Crippen LogP contribution in [0.4, 0.5) is 5.69 Å². The lowest BCUT2D eigenvalue weighted by Crippen LogP contribution is -2.33. The first-order valence-electron chi connectivity index (χ1n) is 6.53. The van der Waals surface area contributed by atoms with Crippen molar-refractivity contribution < 1.29 is 21.8 Å². The molecule has 26 heavy (non-hydrogen) atoms. The van der Waals surface area contributed by atoms with Gasteiger partial charge in [-0.25, -0.2) is 16.8 Å². The van der Waals surface area contributed by atoms with E-state index in [1.807, 2.05) is 0 Å². The summed E-state index contributed by atoms with van der Waals surface area (Å²) in [5.74, 6) is 0. The molecule has 0 saturated carbocycles. The van der Waals surface area contributed by atoms with Crippen LogP contribution in [0.2, 0.25) is 15.1 Å². The van der Waals surface area contributed by atoms with Gasteiger partial charge in [-0.05, 0) is 24.3 Å². The van der Waals surface area contributed by atoms with Gasteiger partial charge in [0.15, 0.2) is 0 Å². The summed E-state index contributed by atoms with van der Waals surface area (Å²) in [6, 6.07) is 6.31. The van der Waals surface area contributed by atoms with E-state index in [4.69, 9.17) is 34.8 Å². The molecule has 0 bridgehead atoms. The number of halogens is 3. The lowest BCUT2D eigenvalue weighted by Gasteiger charge is -2.18. The van der Waals surface area contributed by atoms with Gasteiger partial charge in [0.2, 0.25) is 0 Å². The van der Waals surface area contributed by atoms with Crippen molar-refractivity contribution >= 4 is 60.5 Å². The Kier molecular flexibility index (Phi) is 5.86. The summed E-state index contributed by atoms with van der Waals surface area (Å²) in [6.07, 6.45) is 0. The summed E-state index contributed by atoms with van der Waals surface area (Å²) in [4.78, 5) is 8.89. The Balaban J connectivity index is 2.61. The van der Waals surface area contributed by atoms with Crippen molar-refractivity contribution in [3.63, 3.8) is 0 Å². The number of sulfonamides is 2. The maximum absolute atomic E-state index is 12.7. The van der Waals surface area contributed by atoms with Crippen LogP contribution in [0.25, 0.3) is 0 Å². The van der Waals surface area contributed by atoms with Crippen molar-refractivity contribution in [3.05, 3.63) is 61.6 Å². The molecule has 0 aliphatic rings. The van der Waals surface area contributed by atoms with Gasteiger partial charge in [-0.1, -0.05) is 44.6 Å². The summed E-state index contributed by atoms with van der Waals surface area (Å²) in [5, 5.41) is 10.2. The third-order valence-electron chi connectivity index (χ3n) is 3.28. The van der Waals surface area contributed by atoms with Gasteiger partial charge in [-0.2, -0.15) is 0 Å². The fourth-order valence-corrected chi connectivity index (χ4v) is 5.92. The Morgan fingerprint density at radius 1 is 0.962 bits per heavy atom. The number of hydrogen-bond donors (Lipinski definition) is 0. The molecule has 0 aromatic heterocycles. The minimum Gasteiger partial charge on any atom is -0.258 e. The van der Waals surface area contributed by atoms with Gasteiger partial charge in [0.1, 0.15) is 9.92 Å². The highest BCUT2D eigenvalue weighted by atomic mass is 35.5. The molecule has 0 unspecified atom stereocenters. The smallest absolute Gasteiger partial charge is 0.258 e. The van der Waals surface area contributed by atoms with E-state index in [1.54, 1.807) is 0 Å². The third-order valence-corrected chi connectivity index (χ3v) is 8.81. The predicted molar refractivity (Wildman–Crippen MR) is 96.7 cm³/mol. The van der Waals surface area contributed by atoms with Crippen LogP contribution in [-0.2, 0) is 20.0 Å². The molecule has 0 N–H and O–H groups in total. The first kappa shape index (κ1) is 20.9. The summed E-state index contributed by atoms with van der Waals surface area (Å²) in [5.41, 5.74) is -0.681. The molecule has 2 rings (SSSR count). The van der Waals surface area contributed by atoms with Crippen LogP contribution in [0, 0.1) is 10.1 Å². The van der Waals surface area contributed by atoms with E-state index < -0.39 is 40.4 Å². The van der Waals surface area contributed by atoms with Gasteiger partial charge >= 0.3 is 0 Å². The summed E-state index contributed by atoms with van der Waals surface area (Å²) < 4.78 is 50.6. The van der Waals surface area contributed by atoms with Gasteiger partial charge in [-0.3, -0.25) is 10.1 Å². The second-order valence-corrected chi connectivity index (χ2v) is 10.1. The van der Waals surface area contributed by atoms with Gasteiger partial charge in [0, 0.05) is 13.1 Å². The van der Waals surface area contributed by atoms with Crippen LogP contribution < -0.4 is 0 Å². The maximum atomic E-state index is 12.7. The van der Waals surface area contributed by atoms with Gasteiger partial charge in [-0.15, -0.1) is 0 Å². The molecule has 0 aliphatic carbocycles. The Morgan fingerprint density at radius 2 is 1.58 bits per heavy atom. The molecule has 0 fully saturated rings. The third kappa shape index (κ3) is 3.66. The summed E-state index contributed by atoms with van der Waals surface area (Å²) in [6.45, 7) is 0. The highest BCUT2D eigenvalue weighted by molar-refractivity contribution is 8.04. The molecule has 0 spiro atoms. The Bertz CT molecular complexity index is 1100. The highest BCUT2D eigenvalue weighted by Gasteiger charge is 2.35. The van der Waals surface area contributed by atoms with Crippen molar-refractivity contribution in [2.45, 2.75) is 9.79 Å². The van der Waals surface area contributed by atoms with Crippen molar-refractivity contribution in [1.82, 2.24) is 3.71 Å². The van der Waals surface area contributed by atoms with Crippen molar-refractivity contribution in [2.24, 2.45) is 0 Å². The zero-order valence-corrected chi connectivity index (χ0v) is 16.7. The number of nitro groups is 1. The van der Waals surface area contributed by atoms with E-state index in [2.05, 4.69) is 0 Å². The molecule has 2 aromatic carbocycles. The van der Waals surface area contributed by atoms with E-state index in [0.29, 0.717) is 6.07 Å². The molecule has 0 heterocycles. The first-order valence-corrected chi connectivity index (χ1v) is 10.5. The standard InChI is InChI=1S/C13H9Cl3N2O6S2/c1-17(26(23,24)12-4-2-3-10(15)13(12)16)25(21,22)8-5-6-9(14)11(7-8)18(19)20/h2-7H,1H3. The molecule has 2 aromatic rings. The van der Waals surface area contributed by atoms with Crippen LogP contribution in [0.5, 0.6) is 0 Å². The molecule has 0 saturated heterocycles. The molecule has 13 heteroatoms. The number of nitrogens with zero attached hydrogens (tertiary/aromatic N) is 2. The van der Waals surface area contributed by atoms with Crippen molar-refractivity contribution in [3.8, 4) is 0 Å². The molecule has 0 atom stereocenters. The fraction of sp³-hybridized carbons (Fsp3) is 0.0769. The molecule has 0 radical (unpaired) electrons. The van der Waals surface area contributed by atoms with Crippen LogP contribution in [-0.4, -0.2) is 32.5 Å². The van der Waals surface area contributed by atoms with E-state index in [9.17, 15) is 26.9 Å². The topological polar surface area (TPSA) is 115 Å². The largest absolute Gasteiger partial charge is 0.289 e. The zero-order chi connectivity index (χ0) is 19.9. The fourth-order valence-electron chi connectivity index (χ4n) is 1.89. The molecule has 8 nitrogen and oxygen atoms in total. The molecule has 0 amide bonds. The number of benzene rings is 2. The van der Waals surface area contributed by atoms with Crippen LogP contribution in [0.3, 0.4) is 0 Å². The van der Waals surface area contributed by atoms with E-state index >= 15 is 0 Å². The lowest BCUT2D eigenvalue weighted by molar-refractivity contribution is -0.384. The molecule has 0 aliphatic heterocycles. The average molecular weight is 460 g/mol. The average Bonchev–Trinajstić information content (AvgIpc) is 2.56. The Labute approximate surface area is 164 Å². The van der Waals surface area contributed by atoms with E-state index in [-0.39, 0.29) is 18.8 Å². The van der Waals surface area contributed by atoms with Gasteiger partial charge in [0.25, 0.3) is 25.7 Å². The normalized spacial score (nSPS) is 12.3. The molecular formula is C13H9Cl3N2O6S2. The minimum atomic E-state index is -4.67. The zero-order valence-electron chi connectivity index (χ0n) is 12.8. The van der Waals surface area contributed by atoms with E-state index in [0.717, 1.165) is 25.2 Å². The van der Waals surface area contributed by atoms with Gasteiger partial charge < -0.3 is 0 Å². The van der Waals surface area contributed by atoms with Crippen LogP contribution in [0.15, 0.2) is 46.2 Å².